The second-order valence-corrected chi connectivity index (χ2v) is 12.6. The lowest BCUT2D eigenvalue weighted by Gasteiger charge is -2.37. The third-order valence-corrected chi connectivity index (χ3v) is 9.92. The van der Waals surface area contributed by atoms with Gasteiger partial charge in [-0.2, -0.15) is 0 Å². The number of rotatable bonds is 8. The Bertz CT molecular complexity index is 1210. The van der Waals surface area contributed by atoms with E-state index < -0.39 is 0 Å². The molecular weight excluding hydrogens is 466 g/mol. The van der Waals surface area contributed by atoms with Gasteiger partial charge in [-0.05, 0) is 72.4 Å². The van der Waals surface area contributed by atoms with Gasteiger partial charge in [0.2, 0.25) is 0 Å². The monoisotopic (exact) mass is 509 g/mol. The molecule has 0 bridgehead atoms. The van der Waals surface area contributed by atoms with Crippen LogP contribution in [0.5, 0.6) is 0 Å². The number of aryl methyl sites for hydroxylation is 1. The Morgan fingerprint density at radius 1 is 0.842 bits per heavy atom. The van der Waals surface area contributed by atoms with Crippen molar-refractivity contribution in [1.29, 1.82) is 0 Å². The number of pyridine rings is 1. The normalized spacial score (nSPS) is 23.5. The van der Waals surface area contributed by atoms with E-state index in [0.717, 1.165) is 64.6 Å². The third-order valence-electron chi connectivity index (χ3n) is 9.92. The largest absolute Gasteiger partial charge is 0.363 e. The predicted molar refractivity (Wildman–Crippen MR) is 156 cm³/mol. The van der Waals surface area contributed by atoms with Crippen LogP contribution in [0.3, 0.4) is 0 Å². The predicted octanol–water partition coefficient (Wildman–Crippen LogP) is 5.93. The van der Waals surface area contributed by atoms with Crippen LogP contribution >= 0.6 is 0 Å². The van der Waals surface area contributed by atoms with Crippen LogP contribution in [0.25, 0.3) is 5.70 Å². The highest BCUT2D eigenvalue weighted by Crippen LogP contribution is 2.41. The van der Waals surface area contributed by atoms with Crippen molar-refractivity contribution in [2.75, 3.05) is 45.8 Å². The molecule has 2 saturated carbocycles. The fourth-order valence-corrected chi connectivity index (χ4v) is 7.30. The summed E-state index contributed by atoms with van der Waals surface area (Å²) in [6, 6.07) is 4.72. The van der Waals surface area contributed by atoms with E-state index in [-0.39, 0.29) is 0 Å². The van der Waals surface area contributed by atoms with Crippen molar-refractivity contribution in [2.45, 2.75) is 70.1 Å². The third kappa shape index (κ3) is 4.85. The van der Waals surface area contributed by atoms with Gasteiger partial charge in [0, 0.05) is 74.0 Å². The molecule has 2 fully saturated rings. The zero-order chi connectivity index (χ0) is 25.6. The van der Waals surface area contributed by atoms with Gasteiger partial charge in [-0.3, -0.25) is 9.98 Å². The van der Waals surface area contributed by atoms with E-state index in [1.165, 1.54) is 91.0 Å². The molecule has 7 rings (SSSR count). The summed E-state index contributed by atoms with van der Waals surface area (Å²) in [5.74, 6) is 2.77. The average Bonchev–Trinajstić information content (AvgIpc) is 3.37. The number of hydrogen-bond donors (Lipinski definition) is 0. The van der Waals surface area contributed by atoms with Gasteiger partial charge >= 0.3 is 0 Å². The lowest BCUT2D eigenvalue weighted by Crippen LogP contribution is -2.39. The van der Waals surface area contributed by atoms with Crippen LogP contribution in [-0.2, 0) is 6.42 Å². The van der Waals surface area contributed by atoms with E-state index >= 15 is 0 Å². The first kappa shape index (κ1) is 24.2. The first-order valence-electron chi connectivity index (χ1n) is 15.1. The van der Waals surface area contributed by atoms with Crippen LogP contribution in [0.1, 0.15) is 80.7 Å². The zero-order valence-electron chi connectivity index (χ0n) is 23.1. The molecular formula is C33H43N5. The van der Waals surface area contributed by atoms with Gasteiger partial charge in [-0.15, -0.1) is 0 Å². The Balaban J connectivity index is 0.976. The van der Waals surface area contributed by atoms with Crippen LogP contribution in [0.2, 0.25) is 0 Å². The van der Waals surface area contributed by atoms with Crippen molar-refractivity contribution in [3.63, 3.8) is 0 Å². The van der Waals surface area contributed by atoms with Crippen LogP contribution < -0.4 is 0 Å². The van der Waals surface area contributed by atoms with Crippen molar-refractivity contribution in [2.24, 2.45) is 10.9 Å². The van der Waals surface area contributed by atoms with E-state index in [2.05, 4.69) is 51.2 Å². The molecule has 0 atom stereocenters. The first-order chi connectivity index (χ1) is 18.6. The first-order valence-corrected chi connectivity index (χ1v) is 15.1. The Hall–Kier alpha value is -2.82. The second kappa shape index (κ2) is 10.1. The maximum absolute atomic E-state index is 5.14. The van der Waals surface area contributed by atoms with E-state index in [9.17, 15) is 0 Å². The molecule has 5 nitrogen and oxygen atoms in total. The lowest BCUT2D eigenvalue weighted by molar-refractivity contribution is 0.241. The van der Waals surface area contributed by atoms with Gasteiger partial charge in [0.1, 0.15) is 0 Å². The Morgan fingerprint density at radius 3 is 2.34 bits per heavy atom. The Morgan fingerprint density at radius 2 is 1.58 bits per heavy atom. The minimum Gasteiger partial charge on any atom is -0.363 e. The van der Waals surface area contributed by atoms with Crippen molar-refractivity contribution >= 4 is 11.9 Å². The lowest BCUT2D eigenvalue weighted by atomic mass is 9.85. The molecule has 0 saturated heterocycles. The molecule has 0 unspecified atom stereocenters. The quantitative estimate of drug-likeness (QED) is 0.407. The molecule has 6 aliphatic rings. The summed E-state index contributed by atoms with van der Waals surface area (Å²) in [4.78, 5) is 17.1. The fourth-order valence-electron chi connectivity index (χ4n) is 7.30. The number of aromatic nitrogens is 1. The summed E-state index contributed by atoms with van der Waals surface area (Å²) in [7, 11) is 0. The molecule has 1 aromatic heterocycles. The van der Waals surface area contributed by atoms with E-state index in [1.807, 2.05) is 0 Å². The van der Waals surface area contributed by atoms with Gasteiger partial charge < -0.3 is 14.7 Å². The van der Waals surface area contributed by atoms with Crippen LogP contribution in [0, 0.1) is 5.92 Å². The number of aliphatic imine (C=N–C) groups is 1. The second-order valence-electron chi connectivity index (χ2n) is 12.6. The van der Waals surface area contributed by atoms with Gasteiger partial charge in [-0.25, -0.2) is 0 Å². The van der Waals surface area contributed by atoms with Gasteiger partial charge in [0.25, 0.3) is 0 Å². The summed E-state index contributed by atoms with van der Waals surface area (Å²) in [6.45, 7) is 16.1. The molecule has 4 aliphatic heterocycles. The molecule has 1 aromatic rings. The molecule has 0 radical (unpaired) electrons. The van der Waals surface area contributed by atoms with Crippen molar-refractivity contribution in [1.82, 2.24) is 19.7 Å². The molecule has 2 aliphatic carbocycles. The summed E-state index contributed by atoms with van der Waals surface area (Å²) in [5, 5.41) is 0. The molecule has 0 aromatic carbocycles. The molecule has 5 heteroatoms. The SMILES string of the molecule is C=C(c1cc(CCC2CCCCC2)nc(C2CC2)c1)N1CC2=C(C1)CN(C(=C)N1CCC3=C(CN=C3)C1)C2. The topological polar surface area (TPSA) is 35.0 Å². The standard InChI is InChI=1S/C33H43N5/c1-23(28-14-32(35-33(15-28)26-9-10-26)11-8-25-6-4-3-5-7-25)37-19-30-21-38(22-31(30)20-37)24(2)36-13-12-27-16-34-17-29(27)18-36/h14-16,25-26H,1-13,17-22H2. The maximum Gasteiger partial charge on any atom is 0.0974 e. The van der Waals surface area contributed by atoms with E-state index in [4.69, 9.17) is 4.98 Å². The summed E-state index contributed by atoms with van der Waals surface area (Å²) in [6.07, 6.45) is 15.3. The van der Waals surface area contributed by atoms with Gasteiger partial charge in [0.05, 0.1) is 12.4 Å². The highest BCUT2D eigenvalue weighted by Gasteiger charge is 2.34. The highest BCUT2D eigenvalue weighted by molar-refractivity contribution is 5.83. The Labute approximate surface area is 228 Å². The van der Waals surface area contributed by atoms with Gasteiger partial charge in [0.15, 0.2) is 0 Å². The zero-order valence-corrected chi connectivity index (χ0v) is 23.1. The number of nitrogens with zero attached hydrogens (tertiary/aromatic N) is 5. The summed E-state index contributed by atoms with van der Waals surface area (Å²) < 4.78 is 0. The molecule has 0 N–H and O–H groups in total. The van der Waals surface area contributed by atoms with Crippen molar-refractivity contribution in [3.05, 3.63) is 70.4 Å². The average molecular weight is 510 g/mol. The van der Waals surface area contributed by atoms with Crippen molar-refractivity contribution in [3.8, 4) is 0 Å². The van der Waals surface area contributed by atoms with Crippen LogP contribution in [0.15, 0.2) is 58.4 Å². The van der Waals surface area contributed by atoms with Crippen molar-refractivity contribution < 1.29 is 0 Å². The molecule has 0 spiro atoms. The molecule has 0 amide bonds. The van der Waals surface area contributed by atoms with E-state index in [0.29, 0.717) is 5.92 Å². The van der Waals surface area contributed by atoms with E-state index in [1.54, 1.807) is 11.1 Å². The summed E-state index contributed by atoms with van der Waals surface area (Å²) >= 11 is 0. The maximum atomic E-state index is 5.14. The smallest absolute Gasteiger partial charge is 0.0974 e. The molecule has 5 heterocycles. The van der Waals surface area contributed by atoms with Crippen LogP contribution in [0.4, 0.5) is 0 Å². The van der Waals surface area contributed by atoms with Gasteiger partial charge in [-0.1, -0.05) is 45.3 Å². The van der Waals surface area contributed by atoms with Crippen LogP contribution in [-0.4, -0.2) is 71.7 Å². The number of hydrogen-bond acceptors (Lipinski definition) is 5. The summed E-state index contributed by atoms with van der Waals surface area (Å²) in [5.41, 5.74) is 11.2. The molecule has 200 valence electrons. The molecule has 38 heavy (non-hydrogen) atoms. The Kier molecular flexibility index (Phi) is 6.41. The minimum atomic E-state index is 0.676. The minimum absolute atomic E-state index is 0.676. The fraction of sp³-hybridized carbons (Fsp3) is 0.576. The highest BCUT2D eigenvalue weighted by atomic mass is 15.3.